The van der Waals surface area contributed by atoms with Crippen molar-refractivity contribution in [2.75, 3.05) is 0 Å². The average molecular weight is 193 g/mol. The molecule has 0 saturated carbocycles. The summed E-state index contributed by atoms with van der Waals surface area (Å²) in [4.78, 5) is 0. The van der Waals surface area contributed by atoms with Crippen LogP contribution in [0.3, 0.4) is 0 Å². The van der Waals surface area contributed by atoms with Gasteiger partial charge in [0.2, 0.25) is 0 Å². The lowest BCUT2D eigenvalue weighted by Gasteiger charge is -2.10. The number of benzene rings is 1. The molecule has 0 aliphatic carbocycles. The summed E-state index contributed by atoms with van der Waals surface area (Å²) < 4.78 is 18.3. The van der Waals surface area contributed by atoms with Gasteiger partial charge in [0.1, 0.15) is 17.6 Å². The Bertz CT molecular complexity index is 357. The molecule has 14 heavy (non-hydrogen) atoms. The van der Waals surface area contributed by atoms with E-state index in [1.165, 1.54) is 6.07 Å². The third kappa shape index (κ3) is 2.46. The quantitative estimate of drug-likeness (QED) is 0.739. The molecule has 74 valence electrons. The lowest BCUT2D eigenvalue weighted by molar-refractivity contribution is 0.251. The molecule has 0 fully saturated rings. The zero-order valence-electron chi connectivity index (χ0n) is 8.25. The van der Waals surface area contributed by atoms with Crippen LogP contribution >= 0.6 is 0 Å². The van der Waals surface area contributed by atoms with Crippen LogP contribution in [0.15, 0.2) is 18.2 Å². The molecule has 3 heteroatoms. The lowest BCUT2D eigenvalue weighted by Crippen LogP contribution is -2.12. The van der Waals surface area contributed by atoms with Crippen LogP contribution in [-0.4, -0.2) is 6.10 Å². The number of nitriles is 1. The van der Waals surface area contributed by atoms with Gasteiger partial charge in [-0.25, -0.2) is 4.39 Å². The fourth-order valence-electron chi connectivity index (χ4n) is 1.01. The summed E-state index contributed by atoms with van der Waals surface area (Å²) in [6.45, 7) is 3.53. The van der Waals surface area contributed by atoms with E-state index in [0.717, 1.165) is 0 Å². The van der Waals surface area contributed by atoms with Crippen molar-refractivity contribution in [3.63, 3.8) is 0 Å². The predicted octanol–water partition coefficient (Wildman–Crippen LogP) is 2.82. The minimum absolute atomic E-state index is 0.310. The van der Waals surface area contributed by atoms with E-state index < -0.39 is 6.10 Å². The second-order valence-corrected chi connectivity index (χ2v) is 3.05. The minimum Gasteiger partial charge on any atom is -0.475 e. The number of ether oxygens (including phenoxy) is 1. The zero-order chi connectivity index (χ0) is 10.6. The Morgan fingerprint density at radius 1 is 1.57 bits per heavy atom. The van der Waals surface area contributed by atoms with Gasteiger partial charge in [-0.2, -0.15) is 5.26 Å². The van der Waals surface area contributed by atoms with Gasteiger partial charge in [0.25, 0.3) is 0 Å². The smallest absolute Gasteiger partial charge is 0.184 e. The van der Waals surface area contributed by atoms with Crippen LogP contribution in [0, 0.1) is 24.1 Å². The summed E-state index contributed by atoms with van der Waals surface area (Å²) in [5.74, 6) is 0.0943. The summed E-state index contributed by atoms with van der Waals surface area (Å²) in [6, 6.07) is 6.59. The third-order valence-electron chi connectivity index (χ3n) is 1.94. The molecule has 0 radical (unpaired) electrons. The normalized spacial score (nSPS) is 11.9. The van der Waals surface area contributed by atoms with Gasteiger partial charge < -0.3 is 4.74 Å². The van der Waals surface area contributed by atoms with Gasteiger partial charge in [-0.3, -0.25) is 0 Å². The van der Waals surface area contributed by atoms with E-state index in [4.69, 9.17) is 10.00 Å². The highest BCUT2D eigenvalue weighted by Crippen LogP contribution is 2.17. The number of nitrogens with zero attached hydrogens (tertiary/aromatic N) is 1. The standard InChI is InChI=1S/C11H12FNO/c1-3-9(7-13)14-10-5-4-8(2)11(12)6-10/h4-6,9H,3H2,1-2H3. The van der Waals surface area contributed by atoms with E-state index in [9.17, 15) is 4.39 Å². The molecule has 1 atom stereocenters. The van der Waals surface area contributed by atoms with Crippen LogP contribution in [0.1, 0.15) is 18.9 Å². The molecule has 0 saturated heterocycles. The van der Waals surface area contributed by atoms with Gasteiger partial charge >= 0.3 is 0 Å². The van der Waals surface area contributed by atoms with Crippen LogP contribution in [0.5, 0.6) is 5.75 Å². The molecule has 0 spiro atoms. The van der Waals surface area contributed by atoms with Crippen molar-refractivity contribution in [2.45, 2.75) is 26.4 Å². The summed E-state index contributed by atoms with van der Waals surface area (Å²) in [5, 5.41) is 8.64. The summed E-state index contributed by atoms with van der Waals surface area (Å²) in [7, 11) is 0. The number of halogens is 1. The van der Waals surface area contributed by atoms with Crippen molar-refractivity contribution in [1.82, 2.24) is 0 Å². The van der Waals surface area contributed by atoms with Crippen molar-refractivity contribution in [1.29, 1.82) is 5.26 Å². The number of hydrogen-bond acceptors (Lipinski definition) is 2. The molecule has 1 aromatic carbocycles. The highest BCUT2D eigenvalue weighted by atomic mass is 19.1. The van der Waals surface area contributed by atoms with E-state index >= 15 is 0 Å². The topological polar surface area (TPSA) is 33.0 Å². The molecule has 0 N–H and O–H groups in total. The molecular weight excluding hydrogens is 181 g/mol. The molecule has 0 heterocycles. The second-order valence-electron chi connectivity index (χ2n) is 3.05. The van der Waals surface area contributed by atoms with Crippen LogP contribution in [0.25, 0.3) is 0 Å². The maximum Gasteiger partial charge on any atom is 0.184 e. The zero-order valence-corrected chi connectivity index (χ0v) is 8.25. The van der Waals surface area contributed by atoms with Crippen LogP contribution < -0.4 is 4.74 Å². The van der Waals surface area contributed by atoms with E-state index in [2.05, 4.69) is 0 Å². The molecular formula is C11H12FNO. The van der Waals surface area contributed by atoms with Gasteiger partial charge in [-0.05, 0) is 25.0 Å². The van der Waals surface area contributed by atoms with E-state index in [0.29, 0.717) is 17.7 Å². The van der Waals surface area contributed by atoms with E-state index in [-0.39, 0.29) is 5.82 Å². The monoisotopic (exact) mass is 193 g/mol. The first-order valence-corrected chi connectivity index (χ1v) is 4.49. The highest BCUT2D eigenvalue weighted by molar-refractivity contribution is 5.28. The summed E-state index contributed by atoms with van der Waals surface area (Å²) in [6.07, 6.45) is 0.0866. The van der Waals surface area contributed by atoms with Gasteiger partial charge in [0.05, 0.1) is 0 Å². The van der Waals surface area contributed by atoms with Crippen molar-refractivity contribution in [2.24, 2.45) is 0 Å². The first kappa shape index (κ1) is 10.5. The Labute approximate surface area is 82.9 Å². The largest absolute Gasteiger partial charge is 0.475 e. The maximum absolute atomic E-state index is 13.1. The number of hydrogen-bond donors (Lipinski definition) is 0. The second kappa shape index (κ2) is 4.61. The first-order valence-electron chi connectivity index (χ1n) is 4.49. The Hall–Kier alpha value is -1.56. The Morgan fingerprint density at radius 2 is 2.29 bits per heavy atom. The average Bonchev–Trinajstić information content (AvgIpc) is 2.19. The van der Waals surface area contributed by atoms with Crippen LogP contribution in [-0.2, 0) is 0 Å². The molecule has 0 amide bonds. The number of aryl methyl sites for hydroxylation is 1. The molecule has 0 aromatic heterocycles. The van der Waals surface area contributed by atoms with Gasteiger partial charge in [0, 0.05) is 6.07 Å². The van der Waals surface area contributed by atoms with Crippen molar-refractivity contribution in [3.05, 3.63) is 29.6 Å². The Balaban J connectivity index is 2.78. The van der Waals surface area contributed by atoms with Gasteiger partial charge in [-0.1, -0.05) is 13.0 Å². The molecule has 1 rings (SSSR count). The predicted molar refractivity (Wildman–Crippen MR) is 51.5 cm³/mol. The van der Waals surface area contributed by atoms with Crippen molar-refractivity contribution in [3.8, 4) is 11.8 Å². The van der Waals surface area contributed by atoms with Crippen molar-refractivity contribution >= 4 is 0 Å². The van der Waals surface area contributed by atoms with E-state index in [1.54, 1.807) is 19.1 Å². The van der Waals surface area contributed by atoms with Gasteiger partial charge in [0.15, 0.2) is 6.10 Å². The maximum atomic E-state index is 13.1. The first-order chi connectivity index (χ1) is 6.67. The van der Waals surface area contributed by atoms with Crippen LogP contribution in [0.4, 0.5) is 4.39 Å². The molecule has 2 nitrogen and oxygen atoms in total. The minimum atomic E-state index is -0.503. The summed E-state index contributed by atoms with van der Waals surface area (Å²) in [5.41, 5.74) is 0.572. The summed E-state index contributed by atoms with van der Waals surface area (Å²) >= 11 is 0. The number of rotatable bonds is 3. The fraction of sp³-hybridized carbons (Fsp3) is 0.364. The molecule has 0 bridgehead atoms. The Morgan fingerprint density at radius 3 is 2.79 bits per heavy atom. The molecule has 1 unspecified atom stereocenters. The molecule has 0 aliphatic rings. The Kier molecular flexibility index (Phi) is 3.47. The van der Waals surface area contributed by atoms with Crippen molar-refractivity contribution < 1.29 is 9.13 Å². The SMILES string of the molecule is CCC(C#N)Oc1ccc(C)c(F)c1. The lowest BCUT2D eigenvalue weighted by atomic mass is 10.2. The van der Waals surface area contributed by atoms with Gasteiger partial charge in [-0.15, -0.1) is 0 Å². The fourth-order valence-corrected chi connectivity index (χ4v) is 1.01. The van der Waals surface area contributed by atoms with Crippen LogP contribution in [0.2, 0.25) is 0 Å². The molecule has 0 aliphatic heterocycles. The molecule has 1 aromatic rings. The highest BCUT2D eigenvalue weighted by Gasteiger charge is 2.07. The third-order valence-corrected chi connectivity index (χ3v) is 1.94. The van der Waals surface area contributed by atoms with E-state index in [1.807, 2.05) is 13.0 Å².